The van der Waals surface area contributed by atoms with E-state index in [1.807, 2.05) is 0 Å². The van der Waals surface area contributed by atoms with Crippen molar-refractivity contribution >= 4 is 0 Å². The molecule has 1 unspecified atom stereocenters. The standard InChI is InChI=1S/C17H34N2/c1-15(2)11-18-13-17(8-4-5-9-17)14-19-10-6-7-16(3)12-19/h15-16,18H,4-14H2,1-3H3. The average Bonchev–Trinajstić information content (AvgIpc) is 2.77. The first kappa shape index (κ1) is 15.3. The molecule has 0 radical (unpaired) electrons. The van der Waals surface area contributed by atoms with E-state index in [0.717, 1.165) is 11.8 Å². The van der Waals surface area contributed by atoms with Crippen LogP contribution in [-0.4, -0.2) is 37.6 Å². The molecule has 19 heavy (non-hydrogen) atoms. The molecule has 1 saturated heterocycles. The number of hydrogen-bond acceptors (Lipinski definition) is 2. The molecule has 2 rings (SSSR count). The van der Waals surface area contributed by atoms with Crippen LogP contribution in [0.3, 0.4) is 0 Å². The SMILES string of the molecule is CC(C)CNCC1(CN2CCCC(C)C2)CCCC1. The van der Waals surface area contributed by atoms with Crippen LogP contribution in [0.4, 0.5) is 0 Å². The monoisotopic (exact) mass is 266 g/mol. The number of hydrogen-bond donors (Lipinski definition) is 1. The third kappa shape index (κ3) is 4.75. The molecule has 1 aliphatic heterocycles. The van der Waals surface area contributed by atoms with Crippen molar-refractivity contribution in [2.24, 2.45) is 17.3 Å². The third-order valence-electron chi connectivity index (χ3n) is 5.02. The molecule has 0 aromatic carbocycles. The van der Waals surface area contributed by atoms with Crippen LogP contribution in [0.25, 0.3) is 0 Å². The molecule has 2 aliphatic rings. The molecule has 2 fully saturated rings. The van der Waals surface area contributed by atoms with Gasteiger partial charge >= 0.3 is 0 Å². The van der Waals surface area contributed by atoms with Crippen molar-refractivity contribution in [3.8, 4) is 0 Å². The van der Waals surface area contributed by atoms with E-state index in [1.54, 1.807) is 0 Å². The summed E-state index contributed by atoms with van der Waals surface area (Å²) in [5.74, 6) is 1.68. The van der Waals surface area contributed by atoms with Crippen LogP contribution >= 0.6 is 0 Å². The van der Waals surface area contributed by atoms with Crippen LogP contribution in [-0.2, 0) is 0 Å². The molecule has 1 saturated carbocycles. The number of rotatable bonds is 6. The molecule has 0 bridgehead atoms. The predicted octanol–water partition coefficient (Wildman–Crippen LogP) is 3.52. The zero-order valence-electron chi connectivity index (χ0n) is 13.4. The maximum absolute atomic E-state index is 3.74. The van der Waals surface area contributed by atoms with E-state index < -0.39 is 0 Å². The molecule has 2 heteroatoms. The van der Waals surface area contributed by atoms with Gasteiger partial charge in [0.05, 0.1) is 0 Å². The molecule has 0 amide bonds. The summed E-state index contributed by atoms with van der Waals surface area (Å²) in [6.45, 7) is 13.5. The fraction of sp³-hybridized carbons (Fsp3) is 1.00. The Morgan fingerprint density at radius 1 is 1.21 bits per heavy atom. The van der Waals surface area contributed by atoms with Gasteiger partial charge in [0.15, 0.2) is 0 Å². The van der Waals surface area contributed by atoms with E-state index in [1.165, 1.54) is 71.2 Å². The van der Waals surface area contributed by atoms with Crippen molar-refractivity contribution in [3.05, 3.63) is 0 Å². The van der Waals surface area contributed by atoms with E-state index >= 15 is 0 Å². The largest absolute Gasteiger partial charge is 0.316 e. The van der Waals surface area contributed by atoms with E-state index in [9.17, 15) is 0 Å². The molecular formula is C17H34N2. The first-order valence-corrected chi connectivity index (χ1v) is 8.53. The minimum atomic E-state index is 0.589. The van der Waals surface area contributed by atoms with Crippen LogP contribution in [0.2, 0.25) is 0 Å². The van der Waals surface area contributed by atoms with Crippen LogP contribution in [0.5, 0.6) is 0 Å². The Balaban J connectivity index is 1.84. The second-order valence-corrected chi connectivity index (χ2v) is 7.71. The summed E-state index contributed by atoms with van der Waals surface area (Å²) < 4.78 is 0. The lowest BCUT2D eigenvalue weighted by Crippen LogP contribution is -2.46. The van der Waals surface area contributed by atoms with Gasteiger partial charge < -0.3 is 10.2 Å². The van der Waals surface area contributed by atoms with Crippen molar-refractivity contribution < 1.29 is 0 Å². The quantitative estimate of drug-likeness (QED) is 0.791. The second kappa shape index (κ2) is 7.08. The maximum Gasteiger partial charge on any atom is 0.00503 e. The number of nitrogens with zero attached hydrogens (tertiary/aromatic N) is 1. The molecule has 1 heterocycles. The molecule has 1 atom stereocenters. The molecule has 0 aromatic rings. The molecular weight excluding hydrogens is 232 g/mol. The van der Waals surface area contributed by atoms with E-state index in [4.69, 9.17) is 0 Å². The van der Waals surface area contributed by atoms with Crippen molar-refractivity contribution in [2.75, 3.05) is 32.7 Å². The Bertz CT molecular complexity index is 256. The van der Waals surface area contributed by atoms with Crippen molar-refractivity contribution in [1.82, 2.24) is 10.2 Å². The van der Waals surface area contributed by atoms with Crippen molar-refractivity contribution in [3.63, 3.8) is 0 Å². The number of nitrogens with one attached hydrogen (secondary N) is 1. The molecule has 2 nitrogen and oxygen atoms in total. The zero-order valence-corrected chi connectivity index (χ0v) is 13.4. The van der Waals surface area contributed by atoms with E-state index in [-0.39, 0.29) is 0 Å². The molecule has 0 aromatic heterocycles. The van der Waals surface area contributed by atoms with E-state index in [0.29, 0.717) is 5.41 Å². The highest BCUT2D eigenvalue weighted by Crippen LogP contribution is 2.39. The Hall–Kier alpha value is -0.0800. The molecule has 0 spiro atoms. The van der Waals surface area contributed by atoms with Gasteiger partial charge in [0.1, 0.15) is 0 Å². The first-order valence-electron chi connectivity index (χ1n) is 8.53. The Morgan fingerprint density at radius 2 is 1.95 bits per heavy atom. The molecule has 1 aliphatic carbocycles. The van der Waals surface area contributed by atoms with Gasteiger partial charge in [-0.2, -0.15) is 0 Å². The summed E-state index contributed by atoms with van der Waals surface area (Å²) in [4.78, 5) is 2.76. The summed E-state index contributed by atoms with van der Waals surface area (Å²) in [6.07, 6.45) is 8.65. The van der Waals surface area contributed by atoms with Crippen LogP contribution in [0, 0.1) is 17.3 Å². The topological polar surface area (TPSA) is 15.3 Å². The smallest absolute Gasteiger partial charge is 0.00503 e. The minimum Gasteiger partial charge on any atom is -0.316 e. The van der Waals surface area contributed by atoms with Gasteiger partial charge in [0, 0.05) is 19.6 Å². The average molecular weight is 266 g/mol. The fourth-order valence-corrected chi connectivity index (χ4v) is 4.05. The summed E-state index contributed by atoms with van der Waals surface area (Å²) >= 11 is 0. The Labute approximate surface area is 120 Å². The summed E-state index contributed by atoms with van der Waals surface area (Å²) in [5, 5.41) is 3.74. The fourth-order valence-electron chi connectivity index (χ4n) is 4.05. The van der Waals surface area contributed by atoms with Gasteiger partial charge in [0.25, 0.3) is 0 Å². The lowest BCUT2D eigenvalue weighted by molar-refractivity contribution is 0.107. The molecule has 1 N–H and O–H groups in total. The van der Waals surface area contributed by atoms with Gasteiger partial charge in [-0.3, -0.25) is 0 Å². The Kier molecular flexibility index (Phi) is 5.70. The number of piperidine rings is 1. The van der Waals surface area contributed by atoms with Gasteiger partial charge in [0.2, 0.25) is 0 Å². The normalized spacial score (nSPS) is 28.1. The second-order valence-electron chi connectivity index (χ2n) is 7.71. The van der Waals surface area contributed by atoms with Crippen LogP contribution < -0.4 is 5.32 Å². The highest BCUT2D eigenvalue weighted by Gasteiger charge is 2.35. The summed E-state index contributed by atoms with van der Waals surface area (Å²) in [5.41, 5.74) is 0.589. The zero-order chi connectivity index (χ0) is 13.7. The van der Waals surface area contributed by atoms with Crippen molar-refractivity contribution in [1.29, 1.82) is 0 Å². The lowest BCUT2D eigenvalue weighted by atomic mass is 9.84. The minimum absolute atomic E-state index is 0.589. The summed E-state index contributed by atoms with van der Waals surface area (Å²) in [7, 11) is 0. The van der Waals surface area contributed by atoms with Crippen LogP contribution in [0.1, 0.15) is 59.3 Å². The third-order valence-corrected chi connectivity index (χ3v) is 5.02. The highest BCUT2D eigenvalue weighted by molar-refractivity contribution is 4.90. The predicted molar refractivity (Wildman–Crippen MR) is 83.4 cm³/mol. The summed E-state index contributed by atoms with van der Waals surface area (Å²) in [6, 6.07) is 0. The van der Waals surface area contributed by atoms with E-state index in [2.05, 4.69) is 31.0 Å². The maximum atomic E-state index is 3.74. The van der Waals surface area contributed by atoms with Gasteiger partial charge in [-0.05, 0) is 56.0 Å². The van der Waals surface area contributed by atoms with Gasteiger partial charge in [-0.1, -0.05) is 33.6 Å². The lowest BCUT2D eigenvalue weighted by Gasteiger charge is -2.39. The number of likely N-dealkylation sites (tertiary alicyclic amines) is 1. The Morgan fingerprint density at radius 3 is 2.58 bits per heavy atom. The highest BCUT2D eigenvalue weighted by atomic mass is 15.1. The van der Waals surface area contributed by atoms with Gasteiger partial charge in [-0.15, -0.1) is 0 Å². The molecule has 112 valence electrons. The first-order chi connectivity index (χ1) is 9.10. The van der Waals surface area contributed by atoms with Crippen LogP contribution in [0.15, 0.2) is 0 Å². The van der Waals surface area contributed by atoms with Gasteiger partial charge in [-0.25, -0.2) is 0 Å². The van der Waals surface area contributed by atoms with Crippen molar-refractivity contribution in [2.45, 2.75) is 59.3 Å².